The zero-order valence-electron chi connectivity index (χ0n) is 16.4. The molecule has 0 saturated carbocycles. The van der Waals surface area contributed by atoms with E-state index in [0.29, 0.717) is 50.1 Å². The highest BCUT2D eigenvalue weighted by molar-refractivity contribution is 5.74. The predicted octanol–water partition coefficient (Wildman–Crippen LogP) is 3.47. The second-order valence-electron chi connectivity index (χ2n) is 7.12. The number of ether oxygens (including phenoxy) is 4. The lowest BCUT2D eigenvalue weighted by Gasteiger charge is -2.12. The fourth-order valence-electron chi connectivity index (χ4n) is 3.06. The molecule has 1 heterocycles. The van der Waals surface area contributed by atoms with Crippen molar-refractivity contribution in [2.24, 2.45) is 11.8 Å². The summed E-state index contributed by atoms with van der Waals surface area (Å²) in [6.07, 6.45) is 2.19. The number of hydrogen-bond acceptors (Lipinski definition) is 6. The second kappa shape index (κ2) is 10.9. The minimum absolute atomic E-state index is 0.00587. The van der Waals surface area contributed by atoms with Crippen molar-refractivity contribution in [3.63, 3.8) is 0 Å². The van der Waals surface area contributed by atoms with Gasteiger partial charge in [0.15, 0.2) is 0 Å². The summed E-state index contributed by atoms with van der Waals surface area (Å²) in [6, 6.07) is 7.60. The first-order valence-electron chi connectivity index (χ1n) is 9.48. The molecule has 1 unspecified atom stereocenters. The molecule has 2 rings (SSSR count). The van der Waals surface area contributed by atoms with Crippen molar-refractivity contribution in [3.05, 3.63) is 29.3 Å². The molecule has 0 aliphatic carbocycles. The summed E-state index contributed by atoms with van der Waals surface area (Å²) in [6.45, 7) is 6.15. The largest absolute Gasteiger partial charge is 0.492 e. The number of esters is 1. The minimum atomic E-state index is -0.0858. The number of rotatable bonds is 11. The SMILES string of the molecule is COCCCOc1cc(COCCC2C[C@@H](C(C)C)C(=O)O2)ccc1C#N. The van der Waals surface area contributed by atoms with Gasteiger partial charge >= 0.3 is 5.97 Å². The van der Waals surface area contributed by atoms with Gasteiger partial charge in [-0.15, -0.1) is 0 Å². The molecular formula is C21H29NO5. The van der Waals surface area contributed by atoms with Crippen molar-refractivity contribution in [2.45, 2.75) is 45.8 Å². The molecule has 0 aromatic heterocycles. The number of nitrogens with zero attached hydrogens (tertiary/aromatic N) is 1. The minimum Gasteiger partial charge on any atom is -0.492 e. The number of hydrogen-bond donors (Lipinski definition) is 0. The summed E-state index contributed by atoms with van der Waals surface area (Å²) in [5.74, 6) is 0.798. The molecule has 27 heavy (non-hydrogen) atoms. The zero-order valence-corrected chi connectivity index (χ0v) is 16.4. The smallest absolute Gasteiger partial charge is 0.309 e. The van der Waals surface area contributed by atoms with Crippen LogP contribution in [0.2, 0.25) is 0 Å². The van der Waals surface area contributed by atoms with Crippen LogP contribution < -0.4 is 4.74 Å². The van der Waals surface area contributed by atoms with E-state index in [-0.39, 0.29) is 18.0 Å². The molecule has 0 bridgehead atoms. The Kier molecular flexibility index (Phi) is 8.56. The van der Waals surface area contributed by atoms with Crippen LogP contribution in [0.25, 0.3) is 0 Å². The molecule has 6 nitrogen and oxygen atoms in total. The molecule has 1 aromatic rings. The summed E-state index contributed by atoms with van der Waals surface area (Å²) in [5.41, 5.74) is 1.45. The average Bonchev–Trinajstić information content (AvgIpc) is 3.03. The Morgan fingerprint density at radius 3 is 2.78 bits per heavy atom. The quantitative estimate of drug-likeness (QED) is 0.435. The van der Waals surface area contributed by atoms with Gasteiger partial charge in [-0.2, -0.15) is 5.26 Å². The third-order valence-corrected chi connectivity index (χ3v) is 4.68. The molecule has 2 atom stereocenters. The number of methoxy groups -OCH3 is 1. The standard InChI is InChI=1S/C21H29NO5/c1-15(2)19-12-18(27-21(19)23)7-10-25-14-16-5-6-17(13-22)20(11-16)26-9-4-8-24-3/h5-6,11,15,18-19H,4,7-10,12,14H2,1-3H3/t18?,19-/m0/s1. The van der Waals surface area contributed by atoms with Crippen LogP contribution in [-0.2, 0) is 25.6 Å². The van der Waals surface area contributed by atoms with Crippen molar-refractivity contribution in [3.8, 4) is 11.8 Å². The van der Waals surface area contributed by atoms with Crippen molar-refractivity contribution >= 4 is 5.97 Å². The molecule has 1 aliphatic rings. The third-order valence-electron chi connectivity index (χ3n) is 4.68. The third kappa shape index (κ3) is 6.53. The second-order valence-corrected chi connectivity index (χ2v) is 7.12. The molecule has 0 spiro atoms. The Hall–Kier alpha value is -2.10. The summed E-state index contributed by atoms with van der Waals surface area (Å²) in [5, 5.41) is 9.20. The Bertz CT molecular complexity index is 652. The predicted molar refractivity (Wildman–Crippen MR) is 100 cm³/mol. The van der Waals surface area contributed by atoms with E-state index in [0.717, 1.165) is 18.4 Å². The van der Waals surface area contributed by atoms with Gasteiger partial charge in [-0.3, -0.25) is 4.79 Å². The molecule has 0 N–H and O–H groups in total. The molecule has 0 amide bonds. The molecule has 1 aliphatic heterocycles. The molecular weight excluding hydrogens is 346 g/mol. The van der Waals surface area contributed by atoms with Gasteiger partial charge in [0, 0.05) is 26.6 Å². The van der Waals surface area contributed by atoms with Gasteiger partial charge in [0.2, 0.25) is 0 Å². The normalized spacial score (nSPS) is 19.1. The molecule has 148 valence electrons. The van der Waals surface area contributed by atoms with Crippen LogP contribution in [0.5, 0.6) is 5.75 Å². The molecule has 1 fully saturated rings. The van der Waals surface area contributed by atoms with Crippen LogP contribution in [0.4, 0.5) is 0 Å². The van der Waals surface area contributed by atoms with Gasteiger partial charge in [0.05, 0.1) is 31.3 Å². The molecule has 6 heteroatoms. The zero-order chi connectivity index (χ0) is 19.6. The van der Waals surface area contributed by atoms with Crippen LogP contribution in [0.3, 0.4) is 0 Å². The van der Waals surface area contributed by atoms with E-state index < -0.39 is 0 Å². The lowest BCUT2D eigenvalue weighted by Crippen LogP contribution is -2.13. The summed E-state index contributed by atoms with van der Waals surface area (Å²) >= 11 is 0. The van der Waals surface area contributed by atoms with Gasteiger partial charge in [0.25, 0.3) is 0 Å². The van der Waals surface area contributed by atoms with Gasteiger partial charge in [-0.25, -0.2) is 0 Å². The van der Waals surface area contributed by atoms with Gasteiger partial charge in [0.1, 0.15) is 17.9 Å². The average molecular weight is 375 g/mol. The van der Waals surface area contributed by atoms with Crippen LogP contribution in [0, 0.1) is 23.2 Å². The number of carbonyl (C=O) groups is 1. The fraction of sp³-hybridized carbons (Fsp3) is 0.619. The first-order chi connectivity index (χ1) is 13.0. The highest BCUT2D eigenvalue weighted by Crippen LogP contribution is 2.29. The molecule has 0 radical (unpaired) electrons. The van der Waals surface area contributed by atoms with Crippen LogP contribution in [-0.4, -0.2) is 39.0 Å². The maximum absolute atomic E-state index is 11.8. The summed E-state index contributed by atoms with van der Waals surface area (Å²) in [7, 11) is 1.65. The lowest BCUT2D eigenvalue weighted by molar-refractivity contribution is -0.145. The maximum Gasteiger partial charge on any atom is 0.309 e. The number of cyclic esters (lactones) is 1. The van der Waals surface area contributed by atoms with E-state index in [1.807, 2.05) is 26.0 Å². The number of nitriles is 1. The van der Waals surface area contributed by atoms with E-state index in [9.17, 15) is 10.1 Å². The number of benzene rings is 1. The van der Waals surface area contributed by atoms with E-state index in [4.69, 9.17) is 18.9 Å². The van der Waals surface area contributed by atoms with Crippen LogP contribution >= 0.6 is 0 Å². The van der Waals surface area contributed by atoms with Crippen molar-refractivity contribution < 1.29 is 23.7 Å². The van der Waals surface area contributed by atoms with E-state index in [2.05, 4.69) is 6.07 Å². The Balaban J connectivity index is 1.77. The monoisotopic (exact) mass is 375 g/mol. The Morgan fingerprint density at radius 2 is 2.11 bits per heavy atom. The van der Waals surface area contributed by atoms with Crippen molar-refractivity contribution in [1.29, 1.82) is 5.26 Å². The highest BCUT2D eigenvalue weighted by Gasteiger charge is 2.35. The van der Waals surface area contributed by atoms with Crippen molar-refractivity contribution in [2.75, 3.05) is 26.9 Å². The Morgan fingerprint density at radius 1 is 1.30 bits per heavy atom. The van der Waals surface area contributed by atoms with Crippen molar-refractivity contribution in [1.82, 2.24) is 0 Å². The summed E-state index contributed by atoms with van der Waals surface area (Å²) < 4.78 is 21.8. The number of carbonyl (C=O) groups excluding carboxylic acids is 1. The first kappa shape index (κ1) is 21.2. The maximum atomic E-state index is 11.8. The topological polar surface area (TPSA) is 77.8 Å². The summed E-state index contributed by atoms with van der Waals surface area (Å²) in [4.78, 5) is 11.8. The van der Waals surface area contributed by atoms with E-state index >= 15 is 0 Å². The van der Waals surface area contributed by atoms with Gasteiger partial charge < -0.3 is 18.9 Å². The first-order valence-corrected chi connectivity index (χ1v) is 9.48. The van der Waals surface area contributed by atoms with Gasteiger partial charge in [-0.05, 0) is 30.0 Å². The van der Waals surface area contributed by atoms with E-state index in [1.54, 1.807) is 13.2 Å². The van der Waals surface area contributed by atoms with Gasteiger partial charge in [-0.1, -0.05) is 19.9 Å². The highest BCUT2D eigenvalue weighted by atomic mass is 16.6. The molecule has 1 aromatic carbocycles. The van der Waals surface area contributed by atoms with Crippen LogP contribution in [0.1, 0.15) is 44.2 Å². The lowest BCUT2D eigenvalue weighted by atomic mass is 9.92. The Labute approximate surface area is 161 Å². The molecule has 1 saturated heterocycles. The van der Waals surface area contributed by atoms with E-state index in [1.165, 1.54) is 0 Å². The fourth-order valence-corrected chi connectivity index (χ4v) is 3.06. The van der Waals surface area contributed by atoms with Crippen LogP contribution in [0.15, 0.2) is 18.2 Å².